The molecule has 1 heterocycles. The molecule has 1 N–H and O–H groups in total. The standard InChI is InChI=1S/C22H23ClN4O4S/c1-4-10-27-20(13-31-15-8-6-5-7-9-15)25-26-22(27)32-14-21(28)24-17-12-18(29-2)16(23)11-19(17)30-3/h4-9,11-12H,1,10,13-14H2,2-3H3,(H,24,28). The van der Waals surface area contributed by atoms with Crippen LogP contribution >= 0.6 is 23.4 Å². The lowest BCUT2D eigenvalue weighted by molar-refractivity contribution is -0.113. The summed E-state index contributed by atoms with van der Waals surface area (Å²) in [5.41, 5.74) is 0.462. The minimum absolute atomic E-state index is 0.114. The maximum atomic E-state index is 12.6. The fourth-order valence-corrected chi connectivity index (χ4v) is 3.78. The topological polar surface area (TPSA) is 87.5 Å². The molecule has 0 fully saturated rings. The second-order valence-electron chi connectivity index (χ2n) is 6.42. The molecule has 0 spiro atoms. The molecule has 168 valence electrons. The summed E-state index contributed by atoms with van der Waals surface area (Å²) < 4.78 is 18.1. The summed E-state index contributed by atoms with van der Waals surface area (Å²) in [7, 11) is 3.00. The first-order chi connectivity index (χ1) is 15.5. The molecule has 3 aromatic rings. The van der Waals surface area contributed by atoms with Crippen LogP contribution in [-0.2, 0) is 17.9 Å². The number of rotatable bonds is 11. The van der Waals surface area contributed by atoms with Crippen molar-refractivity contribution in [3.8, 4) is 17.2 Å². The molecule has 0 saturated heterocycles. The average Bonchev–Trinajstić information content (AvgIpc) is 3.19. The van der Waals surface area contributed by atoms with Crippen LogP contribution in [0.1, 0.15) is 5.82 Å². The normalized spacial score (nSPS) is 10.5. The molecule has 10 heteroatoms. The van der Waals surface area contributed by atoms with Gasteiger partial charge in [-0.3, -0.25) is 9.36 Å². The van der Waals surface area contributed by atoms with Crippen LogP contribution in [-0.4, -0.2) is 40.6 Å². The second kappa shape index (κ2) is 11.4. The van der Waals surface area contributed by atoms with Crippen molar-refractivity contribution in [3.63, 3.8) is 0 Å². The zero-order valence-electron chi connectivity index (χ0n) is 17.7. The smallest absolute Gasteiger partial charge is 0.234 e. The number of nitrogens with one attached hydrogen (secondary N) is 1. The Morgan fingerprint density at radius 2 is 1.94 bits per heavy atom. The van der Waals surface area contributed by atoms with Crippen molar-refractivity contribution >= 4 is 35.0 Å². The van der Waals surface area contributed by atoms with E-state index in [4.69, 9.17) is 25.8 Å². The number of amides is 1. The van der Waals surface area contributed by atoms with E-state index in [0.717, 1.165) is 5.75 Å². The molecular weight excluding hydrogens is 452 g/mol. The summed E-state index contributed by atoms with van der Waals surface area (Å²) in [5.74, 6) is 2.12. The van der Waals surface area contributed by atoms with E-state index in [-0.39, 0.29) is 18.3 Å². The van der Waals surface area contributed by atoms with Gasteiger partial charge in [-0.2, -0.15) is 0 Å². The molecule has 0 unspecified atom stereocenters. The summed E-state index contributed by atoms with van der Waals surface area (Å²) in [5, 5.41) is 12.2. The highest BCUT2D eigenvalue weighted by Gasteiger charge is 2.16. The predicted molar refractivity (Wildman–Crippen MR) is 125 cm³/mol. The van der Waals surface area contributed by atoms with Gasteiger partial charge < -0.3 is 19.5 Å². The summed E-state index contributed by atoms with van der Waals surface area (Å²) in [4.78, 5) is 12.6. The number of benzene rings is 2. The third-order valence-corrected chi connectivity index (χ3v) is 5.56. The minimum atomic E-state index is -0.243. The van der Waals surface area contributed by atoms with Gasteiger partial charge in [0.2, 0.25) is 5.91 Å². The van der Waals surface area contributed by atoms with Crippen molar-refractivity contribution in [1.29, 1.82) is 0 Å². The number of anilines is 1. The first kappa shape index (κ1) is 23.5. The lowest BCUT2D eigenvalue weighted by atomic mass is 10.2. The summed E-state index contributed by atoms with van der Waals surface area (Å²) >= 11 is 7.37. The molecular formula is C22H23ClN4O4S. The van der Waals surface area contributed by atoms with Gasteiger partial charge in [-0.05, 0) is 12.1 Å². The van der Waals surface area contributed by atoms with Crippen LogP contribution in [0.5, 0.6) is 17.2 Å². The maximum absolute atomic E-state index is 12.6. The van der Waals surface area contributed by atoms with Gasteiger partial charge in [0, 0.05) is 18.7 Å². The SMILES string of the molecule is C=CCn1c(COc2ccccc2)nnc1SCC(=O)Nc1cc(OC)c(Cl)cc1OC. The van der Waals surface area contributed by atoms with E-state index >= 15 is 0 Å². The van der Waals surface area contributed by atoms with Gasteiger partial charge in [0.15, 0.2) is 11.0 Å². The lowest BCUT2D eigenvalue weighted by Crippen LogP contribution is -2.15. The molecule has 0 aliphatic rings. The summed E-state index contributed by atoms with van der Waals surface area (Å²) in [6.07, 6.45) is 1.74. The van der Waals surface area contributed by atoms with Crippen molar-refractivity contribution in [2.45, 2.75) is 18.3 Å². The number of hydrogen-bond acceptors (Lipinski definition) is 7. The summed E-state index contributed by atoms with van der Waals surface area (Å²) in [6, 6.07) is 12.7. The molecule has 2 aromatic carbocycles. The van der Waals surface area contributed by atoms with Crippen molar-refractivity contribution in [3.05, 3.63) is 66.0 Å². The number of carbonyl (C=O) groups is 1. The van der Waals surface area contributed by atoms with Gasteiger partial charge in [-0.1, -0.05) is 47.6 Å². The number of para-hydroxylation sites is 1. The van der Waals surface area contributed by atoms with Gasteiger partial charge in [0.1, 0.15) is 23.9 Å². The molecule has 3 rings (SSSR count). The number of carbonyl (C=O) groups excluding carboxylic acids is 1. The first-order valence-corrected chi connectivity index (χ1v) is 11.0. The van der Waals surface area contributed by atoms with E-state index in [2.05, 4.69) is 22.1 Å². The van der Waals surface area contributed by atoms with Gasteiger partial charge >= 0.3 is 0 Å². The predicted octanol–water partition coefficient (Wildman–Crippen LogP) is 4.44. The number of ether oxygens (including phenoxy) is 3. The van der Waals surface area contributed by atoms with Gasteiger partial charge in [-0.25, -0.2) is 0 Å². The zero-order valence-corrected chi connectivity index (χ0v) is 19.3. The van der Waals surface area contributed by atoms with Crippen LogP contribution in [0.4, 0.5) is 5.69 Å². The molecule has 1 amide bonds. The Hall–Kier alpha value is -3.17. The zero-order chi connectivity index (χ0) is 22.9. The third-order valence-electron chi connectivity index (χ3n) is 4.30. The van der Waals surface area contributed by atoms with E-state index in [1.54, 1.807) is 18.2 Å². The second-order valence-corrected chi connectivity index (χ2v) is 7.77. The largest absolute Gasteiger partial charge is 0.495 e. The molecule has 0 atom stereocenters. The highest BCUT2D eigenvalue weighted by atomic mass is 35.5. The number of methoxy groups -OCH3 is 2. The highest BCUT2D eigenvalue weighted by molar-refractivity contribution is 7.99. The Morgan fingerprint density at radius 1 is 1.19 bits per heavy atom. The molecule has 0 bridgehead atoms. The summed E-state index contributed by atoms with van der Waals surface area (Å²) in [6.45, 7) is 4.53. The molecule has 32 heavy (non-hydrogen) atoms. The van der Waals surface area contributed by atoms with Crippen LogP contribution in [0.2, 0.25) is 5.02 Å². The Bertz CT molecular complexity index is 1080. The molecule has 0 saturated carbocycles. The fraction of sp³-hybridized carbons (Fsp3) is 0.227. The Balaban J connectivity index is 1.65. The van der Waals surface area contributed by atoms with E-state index in [9.17, 15) is 4.79 Å². The van der Waals surface area contributed by atoms with Crippen LogP contribution in [0.3, 0.4) is 0 Å². The van der Waals surface area contributed by atoms with Crippen molar-refractivity contribution in [2.75, 3.05) is 25.3 Å². The van der Waals surface area contributed by atoms with E-state index in [1.165, 1.54) is 26.0 Å². The third kappa shape index (κ3) is 5.95. The van der Waals surface area contributed by atoms with Crippen molar-refractivity contribution < 1.29 is 19.0 Å². The molecule has 0 aliphatic heterocycles. The molecule has 1 aromatic heterocycles. The Labute approximate surface area is 195 Å². The van der Waals surface area contributed by atoms with Crippen LogP contribution in [0.15, 0.2) is 60.3 Å². The minimum Gasteiger partial charge on any atom is -0.495 e. The number of halogens is 1. The van der Waals surface area contributed by atoms with Gasteiger partial charge in [0.05, 0.1) is 30.7 Å². The van der Waals surface area contributed by atoms with Gasteiger partial charge in [0.25, 0.3) is 0 Å². The number of nitrogens with zero attached hydrogens (tertiary/aromatic N) is 3. The Kier molecular flexibility index (Phi) is 8.41. The van der Waals surface area contributed by atoms with E-state index in [0.29, 0.717) is 39.7 Å². The number of aromatic nitrogens is 3. The van der Waals surface area contributed by atoms with Crippen molar-refractivity contribution in [1.82, 2.24) is 14.8 Å². The Morgan fingerprint density at radius 3 is 2.62 bits per heavy atom. The van der Waals surface area contributed by atoms with Gasteiger partial charge in [-0.15, -0.1) is 16.8 Å². The quantitative estimate of drug-likeness (QED) is 0.324. The number of allylic oxidation sites excluding steroid dienone is 1. The van der Waals surface area contributed by atoms with E-state index in [1.807, 2.05) is 34.9 Å². The monoisotopic (exact) mass is 474 g/mol. The maximum Gasteiger partial charge on any atom is 0.234 e. The number of hydrogen-bond donors (Lipinski definition) is 1. The highest BCUT2D eigenvalue weighted by Crippen LogP contribution is 2.36. The molecule has 8 nitrogen and oxygen atoms in total. The fourth-order valence-electron chi connectivity index (χ4n) is 2.78. The molecule has 0 radical (unpaired) electrons. The number of thioether (sulfide) groups is 1. The average molecular weight is 475 g/mol. The van der Waals surface area contributed by atoms with Crippen molar-refractivity contribution in [2.24, 2.45) is 0 Å². The van der Waals surface area contributed by atoms with Crippen LogP contribution in [0, 0.1) is 0 Å². The molecule has 0 aliphatic carbocycles. The lowest BCUT2D eigenvalue weighted by Gasteiger charge is -2.13. The van der Waals surface area contributed by atoms with Crippen LogP contribution in [0.25, 0.3) is 0 Å². The van der Waals surface area contributed by atoms with Crippen LogP contribution < -0.4 is 19.5 Å². The van der Waals surface area contributed by atoms with E-state index < -0.39 is 0 Å². The first-order valence-electron chi connectivity index (χ1n) is 9.60.